The van der Waals surface area contributed by atoms with Gasteiger partial charge in [0.25, 0.3) is 0 Å². The molecule has 0 fully saturated rings. The van der Waals surface area contributed by atoms with E-state index in [0.717, 1.165) is 0 Å². The molecule has 1 amide bonds. The van der Waals surface area contributed by atoms with E-state index >= 15 is 0 Å². The molecule has 0 aliphatic heterocycles. The largest absolute Gasteiger partial charge is 0.354 e. The lowest BCUT2D eigenvalue weighted by Crippen LogP contribution is -2.40. The van der Waals surface area contributed by atoms with Crippen LogP contribution in [0.5, 0.6) is 0 Å². The van der Waals surface area contributed by atoms with E-state index in [-0.39, 0.29) is 11.9 Å². The van der Waals surface area contributed by atoms with Crippen molar-refractivity contribution in [3.63, 3.8) is 0 Å². The first-order valence-electron chi connectivity index (χ1n) is 3.36. The standard InChI is InChI=1S/C7H13N2O2/c1-6(11)8-4-7(5-10)9(2)3/h7H,4H2,1-3H3,(H,8,11). The van der Waals surface area contributed by atoms with Crippen molar-refractivity contribution in [2.75, 3.05) is 20.6 Å². The van der Waals surface area contributed by atoms with Gasteiger partial charge in [-0.05, 0) is 14.1 Å². The second-order valence-electron chi connectivity index (χ2n) is 2.53. The second kappa shape index (κ2) is 4.85. The lowest BCUT2D eigenvalue weighted by Gasteiger charge is -2.17. The number of hydrogen-bond donors (Lipinski definition) is 1. The molecule has 0 heterocycles. The number of likely N-dealkylation sites (N-methyl/N-ethyl adjacent to an activating group) is 1. The smallest absolute Gasteiger partial charge is 0.218 e. The van der Waals surface area contributed by atoms with Gasteiger partial charge in [0.15, 0.2) is 0 Å². The average Bonchev–Trinajstić information content (AvgIpc) is 1.87. The van der Waals surface area contributed by atoms with E-state index in [2.05, 4.69) is 5.32 Å². The molecule has 4 nitrogen and oxygen atoms in total. The maximum Gasteiger partial charge on any atom is 0.218 e. The van der Waals surface area contributed by atoms with E-state index in [0.29, 0.717) is 6.54 Å². The molecule has 11 heavy (non-hydrogen) atoms. The van der Waals surface area contributed by atoms with Crippen molar-refractivity contribution >= 4 is 12.2 Å². The van der Waals surface area contributed by atoms with Crippen molar-refractivity contribution in [1.82, 2.24) is 10.2 Å². The summed E-state index contributed by atoms with van der Waals surface area (Å²) in [6.45, 7) is 1.74. The van der Waals surface area contributed by atoms with Gasteiger partial charge in [0.05, 0.1) is 6.04 Å². The molecule has 63 valence electrons. The molecule has 1 N–H and O–H groups in total. The maximum atomic E-state index is 10.4. The summed E-state index contributed by atoms with van der Waals surface area (Å²) < 4.78 is 0. The summed E-state index contributed by atoms with van der Waals surface area (Å²) >= 11 is 0. The van der Waals surface area contributed by atoms with E-state index in [1.165, 1.54) is 6.92 Å². The van der Waals surface area contributed by atoms with E-state index in [4.69, 9.17) is 0 Å². The van der Waals surface area contributed by atoms with Crippen molar-refractivity contribution in [1.29, 1.82) is 0 Å². The van der Waals surface area contributed by atoms with Gasteiger partial charge in [-0.3, -0.25) is 14.5 Å². The molecule has 1 atom stereocenters. The van der Waals surface area contributed by atoms with E-state index < -0.39 is 0 Å². The summed E-state index contributed by atoms with van der Waals surface area (Å²) in [5.74, 6) is -0.132. The molecule has 0 aliphatic rings. The molecule has 0 aromatic rings. The van der Waals surface area contributed by atoms with Crippen molar-refractivity contribution < 1.29 is 9.59 Å². The predicted molar refractivity (Wildman–Crippen MR) is 41.9 cm³/mol. The van der Waals surface area contributed by atoms with Crippen molar-refractivity contribution in [3.05, 3.63) is 0 Å². The SMILES string of the molecule is CC(=O)NCC([C]=O)N(C)C. The minimum absolute atomic E-state index is 0.132. The van der Waals surface area contributed by atoms with Crippen LogP contribution in [-0.4, -0.2) is 43.8 Å². The highest BCUT2D eigenvalue weighted by atomic mass is 16.1. The molecule has 0 rings (SSSR count). The fraction of sp³-hybridized carbons (Fsp3) is 0.714. The Morgan fingerprint density at radius 3 is 2.45 bits per heavy atom. The van der Waals surface area contributed by atoms with Crippen LogP contribution < -0.4 is 5.32 Å². The summed E-state index contributed by atoms with van der Waals surface area (Å²) in [6, 6.07) is -0.348. The molecular formula is C7H13N2O2. The van der Waals surface area contributed by atoms with Gasteiger partial charge in [0.2, 0.25) is 12.2 Å². The van der Waals surface area contributed by atoms with E-state index in [9.17, 15) is 9.59 Å². The fourth-order valence-electron chi connectivity index (χ4n) is 0.570. The van der Waals surface area contributed by atoms with E-state index in [1.54, 1.807) is 19.0 Å². The van der Waals surface area contributed by atoms with Gasteiger partial charge in [0, 0.05) is 13.5 Å². The Hall–Kier alpha value is -0.900. The van der Waals surface area contributed by atoms with Crippen LogP contribution in [0.1, 0.15) is 6.92 Å². The Morgan fingerprint density at radius 2 is 2.18 bits per heavy atom. The van der Waals surface area contributed by atoms with Gasteiger partial charge >= 0.3 is 0 Å². The van der Waals surface area contributed by atoms with Crippen LogP contribution in [0.25, 0.3) is 0 Å². The predicted octanol–water partition coefficient (Wildman–Crippen LogP) is -0.838. The van der Waals surface area contributed by atoms with Crippen molar-refractivity contribution in [2.24, 2.45) is 0 Å². The minimum atomic E-state index is -0.348. The van der Waals surface area contributed by atoms with Crippen LogP contribution >= 0.6 is 0 Å². The highest BCUT2D eigenvalue weighted by Crippen LogP contribution is 1.85. The first-order valence-corrected chi connectivity index (χ1v) is 3.36. The van der Waals surface area contributed by atoms with Crippen molar-refractivity contribution in [3.8, 4) is 0 Å². The van der Waals surface area contributed by atoms with E-state index in [1.807, 2.05) is 6.29 Å². The van der Waals surface area contributed by atoms with Crippen LogP contribution in [0.4, 0.5) is 0 Å². The summed E-state index contributed by atoms with van der Waals surface area (Å²) in [5, 5.41) is 2.53. The molecule has 0 aromatic carbocycles. The summed E-state index contributed by atoms with van der Waals surface area (Å²) in [6.07, 6.45) is 1.82. The van der Waals surface area contributed by atoms with Gasteiger partial charge in [-0.25, -0.2) is 0 Å². The third kappa shape index (κ3) is 4.50. The van der Waals surface area contributed by atoms with Crippen LogP contribution in [0.3, 0.4) is 0 Å². The highest BCUT2D eigenvalue weighted by molar-refractivity contribution is 5.73. The van der Waals surface area contributed by atoms with Gasteiger partial charge in [-0.2, -0.15) is 0 Å². The molecule has 4 heteroatoms. The number of amides is 1. The lowest BCUT2D eigenvalue weighted by atomic mass is 10.3. The number of nitrogens with one attached hydrogen (secondary N) is 1. The number of rotatable bonds is 4. The monoisotopic (exact) mass is 157 g/mol. The molecule has 0 bridgehead atoms. The number of carbonyl (C=O) groups excluding carboxylic acids is 2. The van der Waals surface area contributed by atoms with Gasteiger partial charge in [0.1, 0.15) is 0 Å². The van der Waals surface area contributed by atoms with Crippen LogP contribution in [-0.2, 0) is 9.59 Å². The Bertz CT molecular complexity index is 145. The molecule has 0 aromatic heterocycles. The van der Waals surface area contributed by atoms with Gasteiger partial charge in [-0.1, -0.05) is 0 Å². The Kier molecular flexibility index (Phi) is 4.45. The topological polar surface area (TPSA) is 49.4 Å². The molecule has 0 saturated heterocycles. The number of hydrogen-bond acceptors (Lipinski definition) is 3. The zero-order chi connectivity index (χ0) is 8.85. The third-order valence-electron chi connectivity index (χ3n) is 1.30. The fourth-order valence-corrected chi connectivity index (χ4v) is 0.570. The number of carbonyl (C=O) groups is 1. The molecule has 0 spiro atoms. The van der Waals surface area contributed by atoms with Gasteiger partial charge in [-0.15, -0.1) is 0 Å². The minimum Gasteiger partial charge on any atom is -0.354 e. The Labute approximate surface area is 66.6 Å². The lowest BCUT2D eigenvalue weighted by molar-refractivity contribution is -0.119. The molecule has 1 unspecified atom stereocenters. The normalized spacial score (nSPS) is 12.7. The first-order chi connectivity index (χ1) is 5.07. The quantitative estimate of drug-likeness (QED) is 0.579. The molecular weight excluding hydrogens is 144 g/mol. The third-order valence-corrected chi connectivity index (χ3v) is 1.30. The zero-order valence-corrected chi connectivity index (χ0v) is 7.05. The Morgan fingerprint density at radius 1 is 1.64 bits per heavy atom. The molecule has 1 radical (unpaired) electrons. The summed E-state index contributed by atoms with van der Waals surface area (Å²) in [7, 11) is 3.52. The van der Waals surface area contributed by atoms with Crippen LogP contribution in [0.2, 0.25) is 0 Å². The highest BCUT2D eigenvalue weighted by Gasteiger charge is 2.10. The van der Waals surface area contributed by atoms with Crippen LogP contribution in [0, 0.1) is 0 Å². The summed E-state index contributed by atoms with van der Waals surface area (Å²) in [5.41, 5.74) is 0. The average molecular weight is 157 g/mol. The first kappa shape index (κ1) is 10.1. The van der Waals surface area contributed by atoms with Crippen molar-refractivity contribution in [2.45, 2.75) is 13.0 Å². The molecule has 0 saturated carbocycles. The zero-order valence-electron chi connectivity index (χ0n) is 7.05. The van der Waals surface area contributed by atoms with Crippen LogP contribution in [0.15, 0.2) is 0 Å². The van der Waals surface area contributed by atoms with Gasteiger partial charge < -0.3 is 5.32 Å². The second-order valence-corrected chi connectivity index (χ2v) is 2.53. The summed E-state index contributed by atoms with van der Waals surface area (Å²) in [4.78, 5) is 22.4. The number of nitrogens with zero attached hydrogens (tertiary/aromatic N) is 1. The molecule has 0 aliphatic carbocycles. The maximum absolute atomic E-state index is 10.4. The Balaban J connectivity index is 3.69.